The summed E-state index contributed by atoms with van der Waals surface area (Å²) in [6.45, 7) is 2.92. The highest BCUT2D eigenvalue weighted by atomic mass is 35.5. The van der Waals surface area contributed by atoms with Crippen LogP contribution >= 0.6 is 11.6 Å². The van der Waals surface area contributed by atoms with E-state index in [1.54, 1.807) is 18.2 Å². The summed E-state index contributed by atoms with van der Waals surface area (Å²) in [6, 6.07) is 9.34. The molecule has 4 nitrogen and oxygen atoms in total. The van der Waals surface area contributed by atoms with Gasteiger partial charge in [0.15, 0.2) is 11.5 Å². The fourth-order valence-corrected chi connectivity index (χ4v) is 3.18. The molecule has 5 heteroatoms. The molecule has 1 amide bonds. The number of benzene rings is 1. The molecule has 0 radical (unpaired) electrons. The van der Waals surface area contributed by atoms with Gasteiger partial charge >= 0.3 is 0 Å². The van der Waals surface area contributed by atoms with E-state index in [0.29, 0.717) is 22.5 Å². The smallest absolute Gasteiger partial charge is 0.276 e. The number of nitrogens with zero attached hydrogens (tertiary/aromatic N) is 2. The van der Waals surface area contributed by atoms with Gasteiger partial charge in [0.2, 0.25) is 0 Å². The molecule has 1 aliphatic rings. The summed E-state index contributed by atoms with van der Waals surface area (Å²) in [5.74, 6) is 0.527. The molecule has 1 aromatic heterocycles. The largest absolute Gasteiger partial charge is 0.355 e. The number of likely N-dealkylation sites (tertiary alicyclic amines) is 1. The number of hydrogen-bond donors (Lipinski definition) is 0. The van der Waals surface area contributed by atoms with Crippen LogP contribution in [-0.2, 0) is 0 Å². The average Bonchev–Trinajstić information content (AvgIpc) is 3.04. The molecule has 1 atom stereocenters. The van der Waals surface area contributed by atoms with Crippen molar-refractivity contribution in [2.45, 2.75) is 38.6 Å². The number of rotatable bonds is 3. The molecule has 0 N–H and O–H groups in total. The second-order valence-electron chi connectivity index (χ2n) is 5.64. The Labute approximate surface area is 135 Å². The quantitative estimate of drug-likeness (QED) is 0.842. The predicted molar refractivity (Wildman–Crippen MR) is 85.9 cm³/mol. The van der Waals surface area contributed by atoms with Gasteiger partial charge in [0, 0.05) is 29.2 Å². The maximum Gasteiger partial charge on any atom is 0.276 e. The van der Waals surface area contributed by atoms with Crippen LogP contribution in [0.3, 0.4) is 0 Å². The van der Waals surface area contributed by atoms with Gasteiger partial charge in [0.25, 0.3) is 5.91 Å². The van der Waals surface area contributed by atoms with Crippen LogP contribution in [-0.4, -0.2) is 28.6 Å². The molecule has 2 aromatic rings. The molecular formula is C17H19ClN2O2. The number of carbonyl (C=O) groups excluding carboxylic acids is 1. The Balaban J connectivity index is 1.82. The summed E-state index contributed by atoms with van der Waals surface area (Å²) in [6.07, 6.45) is 4.29. The third kappa shape index (κ3) is 3.02. The van der Waals surface area contributed by atoms with Gasteiger partial charge in [-0.1, -0.05) is 35.8 Å². The van der Waals surface area contributed by atoms with Crippen molar-refractivity contribution in [3.8, 4) is 11.3 Å². The van der Waals surface area contributed by atoms with E-state index in [1.165, 1.54) is 6.42 Å². The molecule has 1 fully saturated rings. The van der Waals surface area contributed by atoms with Crippen LogP contribution in [0.1, 0.15) is 43.1 Å². The number of piperidine rings is 1. The van der Waals surface area contributed by atoms with Gasteiger partial charge in [-0.25, -0.2) is 0 Å². The van der Waals surface area contributed by atoms with Crippen molar-refractivity contribution < 1.29 is 9.32 Å². The first kappa shape index (κ1) is 15.1. The summed E-state index contributed by atoms with van der Waals surface area (Å²) in [5, 5.41) is 4.59. The number of hydrogen-bond acceptors (Lipinski definition) is 3. The van der Waals surface area contributed by atoms with Crippen molar-refractivity contribution >= 4 is 17.5 Å². The van der Waals surface area contributed by atoms with Crippen LogP contribution < -0.4 is 0 Å². The van der Waals surface area contributed by atoms with Crippen molar-refractivity contribution in [1.82, 2.24) is 10.1 Å². The minimum absolute atomic E-state index is 0.0384. The van der Waals surface area contributed by atoms with Crippen molar-refractivity contribution in [2.75, 3.05) is 6.54 Å². The zero-order chi connectivity index (χ0) is 15.5. The predicted octanol–water partition coefficient (Wildman–Crippen LogP) is 4.40. The second kappa shape index (κ2) is 6.53. The van der Waals surface area contributed by atoms with Crippen molar-refractivity contribution in [3.05, 3.63) is 41.0 Å². The molecule has 1 aromatic carbocycles. The SMILES string of the molecule is CC[C@H]1CCCCN1C(=O)c1cc(-c2cccc(Cl)c2)on1. The van der Waals surface area contributed by atoms with Gasteiger partial charge in [-0.2, -0.15) is 0 Å². The van der Waals surface area contributed by atoms with E-state index in [2.05, 4.69) is 12.1 Å². The van der Waals surface area contributed by atoms with Gasteiger partial charge in [-0.15, -0.1) is 0 Å². The minimum Gasteiger partial charge on any atom is -0.355 e. The third-order valence-corrected chi connectivity index (χ3v) is 4.43. The van der Waals surface area contributed by atoms with Gasteiger partial charge in [0.05, 0.1) is 0 Å². The zero-order valence-corrected chi connectivity index (χ0v) is 13.3. The first-order valence-corrected chi connectivity index (χ1v) is 8.10. The molecule has 1 saturated heterocycles. The topological polar surface area (TPSA) is 46.3 Å². The maximum absolute atomic E-state index is 12.7. The van der Waals surface area contributed by atoms with Crippen LogP contribution in [0.25, 0.3) is 11.3 Å². The number of carbonyl (C=O) groups is 1. The van der Waals surface area contributed by atoms with Gasteiger partial charge < -0.3 is 9.42 Å². The van der Waals surface area contributed by atoms with Gasteiger partial charge in [-0.05, 0) is 37.8 Å². The van der Waals surface area contributed by atoms with Crippen LogP contribution in [0.15, 0.2) is 34.9 Å². The lowest BCUT2D eigenvalue weighted by molar-refractivity contribution is 0.0597. The Morgan fingerprint density at radius 3 is 3.05 bits per heavy atom. The minimum atomic E-state index is -0.0384. The Morgan fingerprint density at radius 2 is 2.27 bits per heavy atom. The van der Waals surface area contributed by atoms with Crippen LogP contribution in [0.4, 0.5) is 0 Å². The molecule has 0 unspecified atom stereocenters. The maximum atomic E-state index is 12.7. The normalized spacial score (nSPS) is 18.5. The second-order valence-corrected chi connectivity index (χ2v) is 6.08. The highest BCUT2D eigenvalue weighted by Crippen LogP contribution is 2.26. The zero-order valence-electron chi connectivity index (χ0n) is 12.6. The summed E-state index contributed by atoms with van der Waals surface area (Å²) in [4.78, 5) is 14.6. The summed E-state index contributed by atoms with van der Waals surface area (Å²) < 4.78 is 5.33. The molecular weight excluding hydrogens is 300 g/mol. The molecule has 3 rings (SSSR count). The average molecular weight is 319 g/mol. The fourth-order valence-electron chi connectivity index (χ4n) is 2.99. The lowest BCUT2D eigenvalue weighted by Gasteiger charge is -2.34. The Morgan fingerprint density at radius 1 is 1.41 bits per heavy atom. The van der Waals surface area contributed by atoms with Crippen molar-refractivity contribution in [1.29, 1.82) is 0 Å². The Bertz CT molecular complexity index is 668. The highest BCUT2D eigenvalue weighted by molar-refractivity contribution is 6.30. The molecule has 0 saturated carbocycles. The van der Waals surface area contributed by atoms with Gasteiger partial charge in [-0.3, -0.25) is 4.79 Å². The Kier molecular flexibility index (Phi) is 4.48. The van der Waals surface area contributed by atoms with E-state index in [1.807, 2.05) is 17.0 Å². The number of amides is 1. The number of aromatic nitrogens is 1. The van der Waals surface area contributed by atoms with Crippen LogP contribution in [0.2, 0.25) is 5.02 Å². The molecule has 1 aliphatic heterocycles. The molecule has 0 bridgehead atoms. The lowest BCUT2D eigenvalue weighted by atomic mass is 9.99. The van der Waals surface area contributed by atoms with Crippen LogP contribution in [0, 0.1) is 0 Å². The lowest BCUT2D eigenvalue weighted by Crippen LogP contribution is -2.43. The third-order valence-electron chi connectivity index (χ3n) is 4.20. The van der Waals surface area contributed by atoms with Gasteiger partial charge in [0.1, 0.15) is 0 Å². The summed E-state index contributed by atoms with van der Waals surface area (Å²) in [5.41, 5.74) is 1.19. The van der Waals surface area contributed by atoms with E-state index >= 15 is 0 Å². The standard InChI is InChI=1S/C17H19ClN2O2/c1-2-14-8-3-4-9-20(14)17(21)15-11-16(22-19-15)12-6-5-7-13(18)10-12/h5-7,10-11,14H,2-4,8-9H2,1H3/t14-/m0/s1. The monoisotopic (exact) mass is 318 g/mol. The number of halogens is 1. The molecule has 22 heavy (non-hydrogen) atoms. The van der Waals surface area contributed by atoms with E-state index < -0.39 is 0 Å². The first-order chi connectivity index (χ1) is 10.7. The van der Waals surface area contributed by atoms with Crippen molar-refractivity contribution in [2.24, 2.45) is 0 Å². The molecule has 0 spiro atoms. The van der Waals surface area contributed by atoms with E-state index in [0.717, 1.165) is 31.4 Å². The highest BCUT2D eigenvalue weighted by Gasteiger charge is 2.28. The molecule has 2 heterocycles. The van der Waals surface area contributed by atoms with E-state index in [4.69, 9.17) is 16.1 Å². The van der Waals surface area contributed by atoms with E-state index in [9.17, 15) is 4.79 Å². The van der Waals surface area contributed by atoms with Crippen LogP contribution in [0.5, 0.6) is 0 Å². The first-order valence-electron chi connectivity index (χ1n) is 7.72. The Hall–Kier alpha value is -1.81. The van der Waals surface area contributed by atoms with E-state index in [-0.39, 0.29) is 5.91 Å². The fraction of sp³-hybridized carbons (Fsp3) is 0.412. The summed E-state index contributed by atoms with van der Waals surface area (Å²) in [7, 11) is 0. The molecule has 116 valence electrons. The molecule has 0 aliphatic carbocycles. The van der Waals surface area contributed by atoms with Crippen molar-refractivity contribution in [3.63, 3.8) is 0 Å². The summed E-state index contributed by atoms with van der Waals surface area (Å²) >= 11 is 5.99.